The van der Waals surface area contributed by atoms with Gasteiger partial charge in [0.05, 0.1) is 25.7 Å². The van der Waals surface area contributed by atoms with Crippen molar-refractivity contribution in [2.45, 2.75) is 50.6 Å². The standard InChI is InChI=1S/C11H20O3S/c1-8-4-5-10(14-8)7-15-9(2)6-11(12)13-3/h8-10H,4-7H2,1-3H3. The molecule has 1 heterocycles. The van der Waals surface area contributed by atoms with Gasteiger partial charge in [-0.05, 0) is 19.8 Å². The second-order valence-electron chi connectivity index (χ2n) is 4.07. The molecule has 0 N–H and O–H groups in total. The first-order valence-corrected chi connectivity index (χ1v) is 6.50. The summed E-state index contributed by atoms with van der Waals surface area (Å²) >= 11 is 1.79. The summed E-state index contributed by atoms with van der Waals surface area (Å²) in [6, 6.07) is 0. The Morgan fingerprint density at radius 2 is 2.33 bits per heavy atom. The Labute approximate surface area is 95.9 Å². The molecule has 0 bridgehead atoms. The molecule has 0 aromatic rings. The molecule has 1 saturated heterocycles. The maximum absolute atomic E-state index is 11.0. The molecule has 4 heteroatoms. The lowest BCUT2D eigenvalue weighted by Gasteiger charge is -2.14. The summed E-state index contributed by atoms with van der Waals surface area (Å²) in [5.74, 6) is 0.860. The molecule has 0 spiro atoms. The molecule has 15 heavy (non-hydrogen) atoms. The van der Waals surface area contributed by atoms with E-state index in [2.05, 4.69) is 18.6 Å². The Morgan fingerprint density at radius 1 is 1.60 bits per heavy atom. The van der Waals surface area contributed by atoms with Gasteiger partial charge in [0.1, 0.15) is 0 Å². The molecule has 3 atom stereocenters. The zero-order valence-electron chi connectivity index (χ0n) is 9.69. The first-order valence-electron chi connectivity index (χ1n) is 5.45. The highest BCUT2D eigenvalue weighted by Gasteiger charge is 2.22. The molecule has 3 unspecified atom stereocenters. The summed E-state index contributed by atoms with van der Waals surface area (Å²) < 4.78 is 10.3. The van der Waals surface area contributed by atoms with E-state index in [1.165, 1.54) is 7.11 Å². The Kier molecular flexibility index (Phi) is 5.47. The van der Waals surface area contributed by atoms with E-state index in [1.54, 1.807) is 11.8 Å². The van der Waals surface area contributed by atoms with E-state index >= 15 is 0 Å². The predicted octanol–water partition coefficient (Wildman–Crippen LogP) is 2.24. The molecule has 0 aliphatic carbocycles. The zero-order chi connectivity index (χ0) is 11.3. The highest BCUT2D eigenvalue weighted by atomic mass is 32.2. The molecule has 1 aliphatic rings. The minimum Gasteiger partial charge on any atom is -0.469 e. The second-order valence-corrected chi connectivity index (χ2v) is 5.54. The van der Waals surface area contributed by atoms with Crippen LogP contribution in [-0.4, -0.2) is 36.3 Å². The lowest BCUT2D eigenvalue weighted by atomic mass is 10.2. The van der Waals surface area contributed by atoms with E-state index < -0.39 is 0 Å². The van der Waals surface area contributed by atoms with Crippen LogP contribution in [0.5, 0.6) is 0 Å². The molecule has 0 amide bonds. The van der Waals surface area contributed by atoms with Gasteiger partial charge in [-0.2, -0.15) is 11.8 Å². The summed E-state index contributed by atoms with van der Waals surface area (Å²) in [5.41, 5.74) is 0. The van der Waals surface area contributed by atoms with E-state index in [0.29, 0.717) is 23.9 Å². The Bertz CT molecular complexity index is 208. The van der Waals surface area contributed by atoms with E-state index in [1.807, 2.05) is 0 Å². The van der Waals surface area contributed by atoms with Crippen molar-refractivity contribution in [3.63, 3.8) is 0 Å². The number of hydrogen-bond acceptors (Lipinski definition) is 4. The molecule has 1 fully saturated rings. The molecule has 1 aliphatic heterocycles. The molecule has 0 aromatic carbocycles. The largest absolute Gasteiger partial charge is 0.469 e. The molecule has 0 saturated carbocycles. The summed E-state index contributed by atoms with van der Waals surface area (Å²) in [5, 5.41) is 0.317. The fourth-order valence-electron chi connectivity index (χ4n) is 1.66. The summed E-state index contributed by atoms with van der Waals surface area (Å²) in [6.07, 6.45) is 3.59. The number of esters is 1. The SMILES string of the molecule is COC(=O)CC(C)SCC1CCC(C)O1. The Morgan fingerprint density at radius 3 is 2.87 bits per heavy atom. The van der Waals surface area contributed by atoms with Crippen LogP contribution in [-0.2, 0) is 14.3 Å². The highest BCUT2D eigenvalue weighted by Crippen LogP contribution is 2.25. The van der Waals surface area contributed by atoms with Gasteiger partial charge in [-0.3, -0.25) is 4.79 Å². The number of carbonyl (C=O) groups excluding carboxylic acids is 1. The third kappa shape index (κ3) is 4.89. The first kappa shape index (κ1) is 12.8. The van der Waals surface area contributed by atoms with Crippen molar-refractivity contribution in [1.29, 1.82) is 0 Å². The van der Waals surface area contributed by atoms with Crippen LogP contribution >= 0.6 is 11.8 Å². The number of methoxy groups -OCH3 is 1. The second kappa shape index (κ2) is 6.38. The van der Waals surface area contributed by atoms with E-state index in [4.69, 9.17) is 4.74 Å². The van der Waals surface area contributed by atoms with Gasteiger partial charge in [0.25, 0.3) is 0 Å². The lowest BCUT2D eigenvalue weighted by Crippen LogP contribution is -2.15. The molecule has 0 radical (unpaired) electrons. The van der Waals surface area contributed by atoms with Gasteiger partial charge in [0.2, 0.25) is 0 Å². The number of hydrogen-bond donors (Lipinski definition) is 0. The number of thioether (sulfide) groups is 1. The van der Waals surface area contributed by atoms with Crippen LogP contribution in [0.15, 0.2) is 0 Å². The van der Waals surface area contributed by atoms with Crippen LogP contribution in [0, 0.1) is 0 Å². The maximum Gasteiger partial charge on any atom is 0.306 e. The third-order valence-corrected chi connectivity index (χ3v) is 3.87. The van der Waals surface area contributed by atoms with Crippen LogP contribution in [0.4, 0.5) is 0 Å². The molecular formula is C11H20O3S. The van der Waals surface area contributed by atoms with Crippen LogP contribution in [0.25, 0.3) is 0 Å². The average Bonchev–Trinajstić information content (AvgIpc) is 2.61. The van der Waals surface area contributed by atoms with Crippen molar-refractivity contribution in [1.82, 2.24) is 0 Å². The fourth-order valence-corrected chi connectivity index (χ4v) is 2.70. The number of carbonyl (C=O) groups is 1. The average molecular weight is 232 g/mol. The molecule has 1 rings (SSSR count). The quantitative estimate of drug-likeness (QED) is 0.681. The van der Waals surface area contributed by atoms with Gasteiger partial charge in [-0.1, -0.05) is 6.92 Å². The molecule has 0 aromatic heterocycles. The Hall–Kier alpha value is -0.220. The van der Waals surface area contributed by atoms with Crippen molar-refractivity contribution < 1.29 is 14.3 Å². The maximum atomic E-state index is 11.0. The topological polar surface area (TPSA) is 35.5 Å². The Balaban J connectivity index is 2.11. The normalized spacial score (nSPS) is 27.7. The molecule has 3 nitrogen and oxygen atoms in total. The van der Waals surface area contributed by atoms with E-state index in [9.17, 15) is 4.79 Å². The summed E-state index contributed by atoms with van der Waals surface area (Å²) in [6.45, 7) is 4.17. The monoisotopic (exact) mass is 232 g/mol. The van der Waals surface area contributed by atoms with Gasteiger partial charge < -0.3 is 9.47 Å². The van der Waals surface area contributed by atoms with Crippen LogP contribution in [0.2, 0.25) is 0 Å². The minimum absolute atomic E-state index is 0.129. The highest BCUT2D eigenvalue weighted by molar-refractivity contribution is 7.99. The van der Waals surface area contributed by atoms with Crippen molar-refractivity contribution >= 4 is 17.7 Å². The third-order valence-electron chi connectivity index (χ3n) is 2.57. The van der Waals surface area contributed by atoms with Crippen molar-refractivity contribution in [2.24, 2.45) is 0 Å². The van der Waals surface area contributed by atoms with Crippen LogP contribution in [0.1, 0.15) is 33.1 Å². The lowest BCUT2D eigenvalue weighted by molar-refractivity contribution is -0.140. The van der Waals surface area contributed by atoms with E-state index in [-0.39, 0.29) is 5.97 Å². The minimum atomic E-state index is -0.129. The molecule has 88 valence electrons. The summed E-state index contributed by atoms with van der Waals surface area (Å²) in [4.78, 5) is 11.0. The van der Waals surface area contributed by atoms with Gasteiger partial charge in [-0.25, -0.2) is 0 Å². The van der Waals surface area contributed by atoms with Crippen LogP contribution in [0.3, 0.4) is 0 Å². The van der Waals surface area contributed by atoms with Gasteiger partial charge in [0.15, 0.2) is 0 Å². The molecular weight excluding hydrogens is 212 g/mol. The van der Waals surface area contributed by atoms with Crippen molar-refractivity contribution in [2.75, 3.05) is 12.9 Å². The summed E-state index contributed by atoms with van der Waals surface area (Å²) in [7, 11) is 1.43. The van der Waals surface area contributed by atoms with Crippen LogP contribution < -0.4 is 0 Å². The fraction of sp³-hybridized carbons (Fsp3) is 0.909. The van der Waals surface area contributed by atoms with Gasteiger partial charge in [0, 0.05) is 11.0 Å². The van der Waals surface area contributed by atoms with Gasteiger partial charge in [-0.15, -0.1) is 0 Å². The first-order chi connectivity index (χ1) is 7.11. The number of ether oxygens (including phenoxy) is 2. The van der Waals surface area contributed by atoms with Crippen molar-refractivity contribution in [3.05, 3.63) is 0 Å². The number of rotatable bonds is 5. The predicted molar refractivity (Wildman–Crippen MR) is 62.1 cm³/mol. The van der Waals surface area contributed by atoms with Crippen molar-refractivity contribution in [3.8, 4) is 0 Å². The van der Waals surface area contributed by atoms with Gasteiger partial charge >= 0.3 is 5.97 Å². The smallest absolute Gasteiger partial charge is 0.306 e. The zero-order valence-corrected chi connectivity index (χ0v) is 10.5. The van der Waals surface area contributed by atoms with E-state index in [0.717, 1.165) is 18.6 Å².